The maximum atomic E-state index is 13.3. The highest BCUT2D eigenvalue weighted by molar-refractivity contribution is 5.89. The minimum atomic E-state index is -0.295. The Morgan fingerprint density at radius 1 is 1.12 bits per heavy atom. The van der Waals surface area contributed by atoms with Crippen LogP contribution in [0.15, 0.2) is 35.1 Å². The first-order chi connectivity index (χ1) is 11.8. The molecular weight excluding hydrogens is 314 g/mol. The van der Waals surface area contributed by atoms with Crippen molar-refractivity contribution in [3.63, 3.8) is 0 Å². The second kappa shape index (κ2) is 6.54. The Morgan fingerprint density at radius 2 is 1.72 bits per heavy atom. The second-order valence-corrected chi connectivity index (χ2v) is 7.89. The van der Waals surface area contributed by atoms with Gasteiger partial charge in [-0.25, -0.2) is 4.68 Å². The van der Waals surface area contributed by atoms with Gasteiger partial charge in [0.1, 0.15) is 5.69 Å². The van der Waals surface area contributed by atoms with Gasteiger partial charge in [-0.05, 0) is 25.0 Å². The number of rotatable bonds is 3. The highest BCUT2D eigenvalue weighted by Crippen LogP contribution is 2.35. The van der Waals surface area contributed by atoms with Crippen molar-refractivity contribution in [2.75, 3.05) is 5.32 Å². The SMILES string of the molecule is CC(=O)Nc1c(C(C)(C)C)n(-c2ccccc2)n(C2CCCC2)c1=O. The van der Waals surface area contributed by atoms with E-state index in [1.165, 1.54) is 6.92 Å². The smallest absolute Gasteiger partial charge is 0.291 e. The van der Waals surface area contributed by atoms with E-state index < -0.39 is 0 Å². The molecule has 2 aromatic rings. The fourth-order valence-electron chi connectivity index (χ4n) is 3.80. The Hall–Kier alpha value is -2.30. The van der Waals surface area contributed by atoms with Gasteiger partial charge in [-0.2, -0.15) is 0 Å². The number of aromatic nitrogens is 2. The lowest BCUT2D eigenvalue weighted by Crippen LogP contribution is -2.28. The van der Waals surface area contributed by atoms with Gasteiger partial charge in [0.05, 0.1) is 17.4 Å². The Balaban J connectivity index is 2.35. The van der Waals surface area contributed by atoms with Crippen LogP contribution in [0.5, 0.6) is 0 Å². The molecule has 5 nitrogen and oxygen atoms in total. The summed E-state index contributed by atoms with van der Waals surface area (Å²) in [6.07, 6.45) is 4.27. The molecule has 0 atom stereocenters. The van der Waals surface area contributed by atoms with E-state index >= 15 is 0 Å². The van der Waals surface area contributed by atoms with Crippen LogP contribution in [0.2, 0.25) is 0 Å². The Labute approximate surface area is 148 Å². The van der Waals surface area contributed by atoms with Crippen LogP contribution in [0.3, 0.4) is 0 Å². The lowest BCUT2D eigenvalue weighted by molar-refractivity contribution is -0.114. The zero-order chi connectivity index (χ0) is 18.2. The fourth-order valence-corrected chi connectivity index (χ4v) is 3.80. The molecule has 0 unspecified atom stereocenters. The van der Waals surface area contributed by atoms with Crippen molar-refractivity contribution in [1.29, 1.82) is 0 Å². The van der Waals surface area contributed by atoms with Crippen LogP contribution in [-0.2, 0) is 10.2 Å². The number of nitrogens with zero attached hydrogens (tertiary/aromatic N) is 2. The van der Waals surface area contributed by atoms with Crippen LogP contribution >= 0.6 is 0 Å². The number of amides is 1. The van der Waals surface area contributed by atoms with E-state index in [0.29, 0.717) is 5.69 Å². The predicted octanol–water partition coefficient (Wildman–Crippen LogP) is 4.01. The Morgan fingerprint density at radius 3 is 2.24 bits per heavy atom. The molecule has 0 bridgehead atoms. The first-order valence-corrected chi connectivity index (χ1v) is 9.01. The molecule has 1 aliphatic carbocycles. The van der Waals surface area contributed by atoms with Gasteiger partial charge < -0.3 is 5.32 Å². The molecule has 0 radical (unpaired) electrons. The number of carbonyl (C=O) groups excluding carboxylic acids is 1. The molecule has 1 aromatic heterocycles. The van der Waals surface area contributed by atoms with Crippen LogP contribution in [0.1, 0.15) is 65.1 Å². The van der Waals surface area contributed by atoms with Crippen LogP contribution in [0.4, 0.5) is 5.69 Å². The van der Waals surface area contributed by atoms with Crippen LogP contribution in [-0.4, -0.2) is 15.3 Å². The maximum absolute atomic E-state index is 13.3. The summed E-state index contributed by atoms with van der Waals surface area (Å²) in [5.41, 5.74) is 1.82. The van der Waals surface area contributed by atoms with Crippen molar-refractivity contribution >= 4 is 11.6 Å². The Bertz CT molecular complexity index is 819. The molecular formula is C20H27N3O2. The van der Waals surface area contributed by atoms with Gasteiger partial charge in [0.2, 0.25) is 5.91 Å². The van der Waals surface area contributed by atoms with Crippen molar-refractivity contribution in [3.8, 4) is 5.69 Å². The summed E-state index contributed by atoms with van der Waals surface area (Å²) in [6, 6.07) is 10.1. The van der Waals surface area contributed by atoms with Crippen LogP contribution in [0.25, 0.3) is 5.69 Å². The number of nitrogens with one attached hydrogen (secondary N) is 1. The lowest BCUT2D eigenvalue weighted by atomic mass is 9.90. The first kappa shape index (κ1) is 17.5. The first-order valence-electron chi connectivity index (χ1n) is 9.01. The Kier molecular flexibility index (Phi) is 4.58. The van der Waals surface area contributed by atoms with Gasteiger partial charge in [0.25, 0.3) is 5.56 Å². The minimum absolute atomic E-state index is 0.101. The monoisotopic (exact) mass is 341 g/mol. The summed E-state index contributed by atoms with van der Waals surface area (Å²) in [7, 11) is 0. The summed E-state index contributed by atoms with van der Waals surface area (Å²) in [5.74, 6) is -0.216. The summed E-state index contributed by atoms with van der Waals surface area (Å²) in [5, 5.41) is 2.81. The molecule has 5 heteroatoms. The molecule has 0 saturated heterocycles. The molecule has 1 saturated carbocycles. The van der Waals surface area contributed by atoms with Gasteiger partial charge in [0, 0.05) is 12.3 Å². The van der Waals surface area contributed by atoms with E-state index in [-0.39, 0.29) is 22.9 Å². The van der Waals surface area contributed by atoms with Crippen molar-refractivity contribution in [1.82, 2.24) is 9.36 Å². The quantitative estimate of drug-likeness (QED) is 0.917. The third-order valence-corrected chi connectivity index (χ3v) is 4.77. The number of hydrogen-bond donors (Lipinski definition) is 1. The number of carbonyl (C=O) groups is 1. The maximum Gasteiger partial charge on any atom is 0.291 e. The molecule has 25 heavy (non-hydrogen) atoms. The van der Waals surface area contributed by atoms with E-state index in [0.717, 1.165) is 37.1 Å². The molecule has 1 aliphatic rings. The summed E-state index contributed by atoms with van der Waals surface area (Å²) in [4.78, 5) is 25.0. The van der Waals surface area contributed by atoms with Crippen LogP contribution < -0.4 is 10.9 Å². The van der Waals surface area contributed by atoms with Crippen molar-refractivity contribution < 1.29 is 4.79 Å². The average molecular weight is 341 g/mol. The summed E-state index contributed by atoms with van der Waals surface area (Å²) < 4.78 is 3.90. The molecule has 0 aliphatic heterocycles. The topological polar surface area (TPSA) is 56.0 Å². The molecule has 1 aromatic carbocycles. The van der Waals surface area contributed by atoms with Gasteiger partial charge in [0.15, 0.2) is 0 Å². The number of hydrogen-bond acceptors (Lipinski definition) is 2. The number of para-hydroxylation sites is 1. The highest BCUT2D eigenvalue weighted by Gasteiger charge is 2.33. The van der Waals surface area contributed by atoms with Crippen molar-refractivity contribution in [2.45, 2.75) is 64.8 Å². The fraction of sp³-hybridized carbons (Fsp3) is 0.500. The van der Waals surface area contributed by atoms with E-state index in [1.54, 1.807) is 0 Å². The summed E-state index contributed by atoms with van der Waals surface area (Å²) >= 11 is 0. The lowest BCUT2D eigenvalue weighted by Gasteiger charge is -2.26. The van der Waals surface area contributed by atoms with E-state index in [1.807, 2.05) is 39.7 Å². The van der Waals surface area contributed by atoms with Crippen molar-refractivity contribution in [3.05, 3.63) is 46.4 Å². The van der Waals surface area contributed by atoms with E-state index in [4.69, 9.17) is 0 Å². The highest BCUT2D eigenvalue weighted by atomic mass is 16.2. The predicted molar refractivity (Wildman–Crippen MR) is 101 cm³/mol. The third-order valence-electron chi connectivity index (χ3n) is 4.77. The largest absolute Gasteiger partial charge is 0.320 e. The third kappa shape index (κ3) is 3.28. The van der Waals surface area contributed by atoms with Crippen molar-refractivity contribution in [2.24, 2.45) is 0 Å². The van der Waals surface area contributed by atoms with Gasteiger partial charge in [-0.15, -0.1) is 0 Å². The average Bonchev–Trinajstić information content (AvgIpc) is 3.14. The molecule has 3 rings (SSSR count). The minimum Gasteiger partial charge on any atom is -0.320 e. The number of benzene rings is 1. The van der Waals surface area contributed by atoms with Gasteiger partial charge in [-0.3, -0.25) is 14.3 Å². The zero-order valence-electron chi connectivity index (χ0n) is 15.5. The van der Waals surface area contributed by atoms with Gasteiger partial charge >= 0.3 is 0 Å². The van der Waals surface area contributed by atoms with E-state index in [2.05, 4.69) is 26.1 Å². The second-order valence-electron chi connectivity index (χ2n) is 7.89. The standard InChI is InChI=1S/C20H27N3O2/c1-14(24)21-17-18(20(2,3)4)22(15-10-6-5-7-11-15)23(19(17)25)16-12-8-9-13-16/h5-7,10-11,16H,8-9,12-13H2,1-4H3,(H,21,24). The summed E-state index contributed by atoms with van der Waals surface area (Å²) in [6.45, 7) is 7.67. The van der Waals surface area contributed by atoms with Crippen LogP contribution in [0, 0.1) is 0 Å². The zero-order valence-corrected chi connectivity index (χ0v) is 15.5. The molecule has 1 heterocycles. The van der Waals surface area contributed by atoms with E-state index in [9.17, 15) is 9.59 Å². The number of anilines is 1. The molecule has 134 valence electrons. The molecule has 1 fully saturated rings. The molecule has 0 spiro atoms. The molecule has 1 N–H and O–H groups in total. The van der Waals surface area contributed by atoms with Gasteiger partial charge in [-0.1, -0.05) is 51.8 Å². The normalized spacial score (nSPS) is 15.5. The molecule has 1 amide bonds.